The zero-order valence-electron chi connectivity index (χ0n) is 17.5. The number of carbonyl (C=O) groups excluding carboxylic acids is 2. The fourth-order valence-electron chi connectivity index (χ4n) is 3.50. The van der Waals surface area contributed by atoms with Crippen molar-refractivity contribution in [3.8, 4) is 0 Å². The molecule has 1 unspecified atom stereocenters. The topological polar surface area (TPSA) is 129 Å². The Kier molecular flexibility index (Phi) is 7.48. The van der Waals surface area contributed by atoms with Crippen LogP contribution < -0.4 is 16.0 Å². The lowest BCUT2D eigenvalue weighted by molar-refractivity contribution is -0.192. The maximum absolute atomic E-state index is 12.9. The number of carboxylic acid groups (broad SMARTS) is 1. The number of H-pyrrole nitrogens is 1. The molecule has 0 bridgehead atoms. The Labute approximate surface area is 196 Å². The van der Waals surface area contributed by atoms with E-state index in [9.17, 15) is 22.8 Å². The second-order valence-electron chi connectivity index (χ2n) is 7.35. The summed E-state index contributed by atoms with van der Waals surface area (Å²) in [7, 11) is 0. The van der Waals surface area contributed by atoms with Crippen LogP contribution in [0.2, 0.25) is 5.02 Å². The van der Waals surface area contributed by atoms with Crippen LogP contribution in [0.5, 0.6) is 0 Å². The number of aromatic nitrogens is 1. The molecular formula is C22H20ClF3N4O4. The zero-order chi connectivity index (χ0) is 25.0. The highest BCUT2D eigenvalue weighted by Crippen LogP contribution is 2.28. The summed E-state index contributed by atoms with van der Waals surface area (Å²) >= 11 is 6.00. The maximum atomic E-state index is 12.9. The lowest BCUT2D eigenvalue weighted by Gasteiger charge is -2.34. The second-order valence-corrected chi connectivity index (χ2v) is 7.79. The number of carbonyl (C=O) groups is 3. The van der Waals surface area contributed by atoms with Gasteiger partial charge in [-0.05, 0) is 35.9 Å². The van der Waals surface area contributed by atoms with E-state index in [1.54, 1.807) is 23.1 Å². The number of rotatable bonds is 4. The average molecular weight is 497 g/mol. The number of alkyl halides is 3. The normalized spacial score (nSPS) is 15.4. The Hall–Kier alpha value is -3.57. The SMILES string of the molecule is NCCN1C(=O)C(NC(=O)c2cc3cc(Cl)ccc3[nH]2)Cc2ccccc21.O=C(O)C(F)(F)F. The van der Waals surface area contributed by atoms with Gasteiger partial charge in [0.05, 0.1) is 0 Å². The van der Waals surface area contributed by atoms with Crippen LogP contribution in [0.25, 0.3) is 10.9 Å². The van der Waals surface area contributed by atoms with Crippen molar-refractivity contribution in [3.63, 3.8) is 0 Å². The van der Waals surface area contributed by atoms with Gasteiger partial charge in [0.1, 0.15) is 11.7 Å². The van der Waals surface area contributed by atoms with Crippen molar-refractivity contribution >= 4 is 46.0 Å². The van der Waals surface area contributed by atoms with Crippen molar-refractivity contribution in [1.29, 1.82) is 0 Å². The number of nitrogens with two attached hydrogens (primary N) is 1. The molecule has 180 valence electrons. The van der Waals surface area contributed by atoms with Gasteiger partial charge in [-0.15, -0.1) is 0 Å². The number of nitrogens with zero attached hydrogens (tertiary/aromatic N) is 1. The molecule has 34 heavy (non-hydrogen) atoms. The summed E-state index contributed by atoms with van der Waals surface area (Å²) in [6, 6.07) is 14.2. The molecule has 0 saturated carbocycles. The van der Waals surface area contributed by atoms with Crippen molar-refractivity contribution in [2.75, 3.05) is 18.0 Å². The highest BCUT2D eigenvalue weighted by Gasteiger charge is 2.38. The van der Waals surface area contributed by atoms with E-state index >= 15 is 0 Å². The summed E-state index contributed by atoms with van der Waals surface area (Å²) in [5, 5.41) is 11.4. The fourth-order valence-corrected chi connectivity index (χ4v) is 3.68. The Balaban J connectivity index is 0.000000406. The van der Waals surface area contributed by atoms with Gasteiger partial charge in [-0.3, -0.25) is 9.59 Å². The molecule has 1 atom stereocenters. The average Bonchev–Trinajstić information content (AvgIpc) is 3.20. The molecule has 8 nitrogen and oxygen atoms in total. The van der Waals surface area contributed by atoms with Gasteiger partial charge < -0.3 is 26.0 Å². The fraction of sp³-hybridized carbons (Fsp3) is 0.227. The van der Waals surface area contributed by atoms with Crippen molar-refractivity contribution < 1.29 is 32.7 Å². The molecule has 2 aromatic carbocycles. The van der Waals surface area contributed by atoms with Crippen molar-refractivity contribution in [3.05, 3.63) is 64.8 Å². The summed E-state index contributed by atoms with van der Waals surface area (Å²) in [5.74, 6) is -3.23. The number of hydrogen-bond acceptors (Lipinski definition) is 4. The van der Waals surface area contributed by atoms with Crippen molar-refractivity contribution in [2.45, 2.75) is 18.6 Å². The Morgan fingerprint density at radius 3 is 2.53 bits per heavy atom. The molecule has 12 heteroatoms. The van der Waals surface area contributed by atoms with E-state index in [1.807, 2.05) is 30.3 Å². The first kappa shape index (κ1) is 25.1. The van der Waals surface area contributed by atoms with Crippen LogP contribution in [0, 0.1) is 0 Å². The van der Waals surface area contributed by atoms with E-state index in [0.717, 1.165) is 22.2 Å². The summed E-state index contributed by atoms with van der Waals surface area (Å²) < 4.78 is 31.7. The highest BCUT2D eigenvalue weighted by molar-refractivity contribution is 6.31. The minimum absolute atomic E-state index is 0.147. The number of benzene rings is 2. The molecule has 5 N–H and O–H groups in total. The third kappa shape index (κ3) is 5.67. The number of nitrogens with one attached hydrogen (secondary N) is 2. The third-order valence-corrected chi connectivity index (χ3v) is 5.23. The number of carboxylic acids is 1. The van der Waals surface area contributed by atoms with Gasteiger partial charge in [-0.1, -0.05) is 29.8 Å². The van der Waals surface area contributed by atoms with Crippen LogP contribution in [0.4, 0.5) is 18.9 Å². The molecular weight excluding hydrogens is 477 g/mol. The molecule has 2 heterocycles. The van der Waals surface area contributed by atoms with E-state index in [1.165, 1.54) is 0 Å². The summed E-state index contributed by atoms with van der Waals surface area (Å²) in [4.78, 5) is 39.2. The van der Waals surface area contributed by atoms with Crippen LogP contribution in [-0.2, 0) is 16.0 Å². The number of fused-ring (bicyclic) bond motifs is 2. The standard InChI is InChI=1S/C20H19ClN4O2.C2HF3O2/c21-14-5-6-15-13(9-14)11-16(23-15)19(26)24-17-10-12-3-1-2-4-18(12)25(8-7-22)20(17)27;3-2(4,5)1(6)7/h1-6,9,11,17,23H,7-8,10,22H2,(H,24,26);(H,6,7). The Morgan fingerprint density at radius 2 is 1.88 bits per heavy atom. The molecule has 1 aromatic heterocycles. The summed E-state index contributed by atoms with van der Waals surface area (Å²) in [5.41, 5.74) is 8.76. The Morgan fingerprint density at radius 1 is 1.21 bits per heavy atom. The predicted octanol–water partition coefficient (Wildman–Crippen LogP) is 3.10. The van der Waals surface area contributed by atoms with E-state index in [2.05, 4.69) is 10.3 Å². The molecule has 0 radical (unpaired) electrons. The number of para-hydroxylation sites is 1. The van der Waals surface area contributed by atoms with Crippen LogP contribution >= 0.6 is 11.6 Å². The van der Waals surface area contributed by atoms with E-state index < -0.39 is 18.2 Å². The van der Waals surface area contributed by atoms with Crippen LogP contribution in [0.15, 0.2) is 48.5 Å². The number of amides is 2. The lowest BCUT2D eigenvalue weighted by atomic mass is 9.97. The van der Waals surface area contributed by atoms with Crippen molar-refractivity contribution in [2.24, 2.45) is 5.73 Å². The van der Waals surface area contributed by atoms with Gasteiger partial charge in [0.25, 0.3) is 5.91 Å². The number of halogens is 4. The summed E-state index contributed by atoms with van der Waals surface area (Å²) in [6.07, 6.45) is -4.63. The van der Waals surface area contributed by atoms with Gasteiger partial charge >= 0.3 is 12.1 Å². The van der Waals surface area contributed by atoms with E-state index in [-0.39, 0.29) is 11.8 Å². The van der Waals surface area contributed by atoms with Gasteiger partial charge in [0.15, 0.2) is 0 Å². The third-order valence-electron chi connectivity index (χ3n) is 5.00. The first-order chi connectivity index (χ1) is 16.0. The molecule has 2 amide bonds. The van der Waals surface area contributed by atoms with E-state index in [0.29, 0.717) is 30.2 Å². The lowest BCUT2D eigenvalue weighted by Crippen LogP contribution is -2.54. The second kappa shape index (κ2) is 10.1. The number of aromatic amines is 1. The monoisotopic (exact) mass is 496 g/mol. The molecule has 0 aliphatic carbocycles. The number of aliphatic carboxylic acids is 1. The number of hydrogen-bond donors (Lipinski definition) is 4. The summed E-state index contributed by atoms with van der Waals surface area (Å²) in [6.45, 7) is 0.761. The highest BCUT2D eigenvalue weighted by atomic mass is 35.5. The van der Waals surface area contributed by atoms with E-state index in [4.69, 9.17) is 27.2 Å². The zero-order valence-corrected chi connectivity index (χ0v) is 18.3. The minimum atomic E-state index is -5.08. The number of anilines is 1. The van der Waals surface area contributed by atoms with Crippen molar-refractivity contribution in [1.82, 2.24) is 10.3 Å². The van der Waals surface area contributed by atoms with Crippen LogP contribution in [0.1, 0.15) is 16.1 Å². The van der Waals surface area contributed by atoms with Crippen LogP contribution in [0.3, 0.4) is 0 Å². The minimum Gasteiger partial charge on any atom is -0.475 e. The quantitative estimate of drug-likeness (QED) is 0.441. The maximum Gasteiger partial charge on any atom is 0.490 e. The molecule has 0 spiro atoms. The molecule has 0 saturated heterocycles. The molecule has 1 aliphatic heterocycles. The van der Waals surface area contributed by atoms with Gasteiger partial charge in [0, 0.05) is 41.1 Å². The molecule has 4 rings (SSSR count). The predicted molar refractivity (Wildman–Crippen MR) is 120 cm³/mol. The van der Waals surface area contributed by atoms with Gasteiger partial charge in [-0.2, -0.15) is 13.2 Å². The molecule has 0 fully saturated rings. The van der Waals surface area contributed by atoms with Gasteiger partial charge in [0.2, 0.25) is 5.91 Å². The van der Waals surface area contributed by atoms with Crippen LogP contribution in [-0.4, -0.2) is 53.2 Å². The smallest absolute Gasteiger partial charge is 0.475 e. The largest absolute Gasteiger partial charge is 0.490 e. The molecule has 1 aliphatic rings. The molecule has 3 aromatic rings. The Bertz CT molecular complexity index is 1230. The first-order valence-corrected chi connectivity index (χ1v) is 10.4. The van der Waals surface area contributed by atoms with Gasteiger partial charge in [-0.25, -0.2) is 4.79 Å². The first-order valence-electron chi connectivity index (χ1n) is 10.00.